The Balaban J connectivity index is 1.83. The molecule has 2 heteroatoms. The summed E-state index contributed by atoms with van der Waals surface area (Å²) in [6, 6.07) is 8.09. The minimum Gasteiger partial charge on any atom is -0.458 e. The number of rotatable bonds is 3. The summed E-state index contributed by atoms with van der Waals surface area (Å²) in [5.41, 5.74) is 2.09. The number of benzene rings is 1. The van der Waals surface area contributed by atoms with E-state index < -0.39 is 6.10 Å². The zero-order valence-electron chi connectivity index (χ0n) is 10.1. The Morgan fingerprint density at radius 1 is 1.35 bits per heavy atom. The second kappa shape index (κ2) is 4.19. The second-order valence-corrected chi connectivity index (χ2v) is 5.24. The molecular formula is C15H18O2. The van der Waals surface area contributed by atoms with Gasteiger partial charge in [0.1, 0.15) is 17.4 Å². The number of hydrogen-bond donors (Lipinski definition) is 1. The van der Waals surface area contributed by atoms with E-state index in [1.807, 2.05) is 18.2 Å². The number of aliphatic hydroxyl groups excluding tert-OH is 1. The molecular weight excluding hydrogens is 212 g/mol. The smallest absolute Gasteiger partial charge is 0.134 e. The van der Waals surface area contributed by atoms with Crippen molar-refractivity contribution in [1.82, 2.24) is 0 Å². The topological polar surface area (TPSA) is 33.4 Å². The fourth-order valence-electron chi connectivity index (χ4n) is 2.51. The largest absolute Gasteiger partial charge is 0.458 e. The second-order valence-electron chi connectivity index (χ2n) is 5.24. The molecule has 1 N–H and O–H groups in total. The molecule has 0 aliphatic heterocycles. The van der Waals surface area contributed by atoms with Gasteiger partial charge < -0.3 is 9.52 Å². The molecule has 2 nitrogen and oxygen atoms in total. The third-order valence-electron chi connectivity index (χ3n) is 3.80. The van der Waals surface area contributed by atoms with Gasteiger partial charge in [0.15, 0.2) is 0 Å². The van der Waals surface area contributed by atoms with Gasteiger partial charge in [-0.25, -0.2) is 0 Å². The van der Waals surface area contributed by atoms with E-state index >= 15 is 0 Å². The number of fused-ring (bicyclic) bond motifs is 1. The van der Waals surface area contributed by atoms with Crippen LogP contribution in [0, 0.1) is 12.8 Å². The van der Waals surface area contributed by atoms with Gasteiger partial charge in [-0.2, -0.15) is 0 Å². The van der Waals surface area contributed by atoms with Crippen molar-refractivity contribution in [3.8, 4) is 0 Å². The minimum absolute atomic E-state index is 0.437. The van der Waals surface area contributed by atoms with Crippen LogP contribution < -0.4 is 0 Å². The van der Waals surface area contributed by atoms with Gasteiger partial charge in [0.25, 0.3) is 0 Å². The van der Waals surface area contributed by atoms with E-state index in [4.69, 9.17) is 4.42 Å². The molecule has 1 aromatic carbocycles. The van der Waals surface area contributed by atoms with Crippen LogP contribution in [0.2, 0.25) is 0 Å². The van der Waals surface area contributed by atoms with Crippen molar-refractivity contribution in [3.05, 3.63) is 35.6 Å². The summed E-state index contributed by atoms with van der Waals surface area (Å²) in [5.74, 6) is 1.41. The van der Waals surface area contributed by atoms with Crippen LogP contribution >= 0.6 is 0 Å². The van der Waals surface area contributed by atoms with Gasteiger partial charge in [0.05, 0.1) is 0 Å². The van der Waals surface area contributed by atoms with Crippen molar-refractivity contribution >= 4 is 11.0 Å². The van der Waals surface area contributed by atoms with Crippen molar-refractivity contribution in [2.24, 2.45) is 5.92 Å². The van der Waals surface area contributed by atoms with Crippen molar-refractivity contribution < 1.29 is 9.52 Å². The first-order valence-corrected chi connectivity index (χ1v) is 6.40. The molecule has 1 aromatic heterocycles. The van der Waals surface area contributed by atoms with Crippen molar-refractivity contribution in [3.63, 3.8) is 0 Å². The molecule has 0 saturated heterocycles. The molecule has 0 radical (unpaired) electrons. The van der Waals surface area contributed by atoms with Crippen molar-refractivity contribution in [1.29, 1.82) is 0 Å². The average molecular weight is 230 g/mol. The molecule has 0 spiro atoms. The van der Waals surface area contributed by atoms with Gasteiger partial charge in [-0.15, -0.1) is 0 Å². The van der Waals surface area contributed by atoms with Gasteiger partial charge in [0.2, 0.25) is 0 Å². The minimum atomic E-state index is -0.437. The maximum Gasteiger partial charge on any atom is 0.134 e. The van der Waals surface area contributed by atoms with Crippen LogP contribution in [0.1, 0.15) is 43.1 Å². The highest BCUT2D eigenvalue weighted by atomic mass is 16.4. The maximum absolute atomic E-state index is 10.1. The van der Waals surface area contributed by atoms with Crippen LogP contribution in [0.25, 0.3) is 11.0 Å². The predicted molar refractivity (Wildman–Crippen MR) is 67.9 cm³/mol. The Hall–Kier alpha value is -1.28. The van der Waals surface area contributed by atoms with E-state index in [1.165, 1.54) is 24.8 Å². The third-order valence-corrected chi connectivity index (χ3v) is 3.80. The molecule has 1 unspecified atom stereocenters. The standard InChI is InChI=1S/C15H18O2/c1-10-5-6-14-12(7-10)9-15(17-14)13(16)8-11-3-2-4-11/h5-7,9,11,13,16H,2-4,8H2,1H3. The zero-order chi connectivity index (χ0) is 11.8. The Morgan fingerprint density at radius 2 is 2.18 bits per heavy atom. The lowest BCUT2D eigenvalue weighted by atomic mass is 9.81. The van der Waals surface area contributed by atoms with E-state index in [0.717, 1.165) is 23.2 Å². The number of aliphatic hydroxyl groups is 1. The fourth-order valence-corrected chi connectivity index (χ4v) is 2.51. The summed E-state index contributed by atoms with van der Waals surface area (Å²) in [6.45, 7) is 2.07. The Labute approximate surface area is 101 Å². The van der Waals surface area contributed by atoms with Crippen LogP contribution in [0.3, 0.4) is 0 Å². The molecule has 0 amide bonds. The van der Waals surface area contributed by atoms with E-state index in [0.29, 0.717) is 5.92 Å². The summed E-state index contributed by atoms with van der Waals surface area (Å²) in [5, 5.41) is 11.2. The molecule has 1 fully saturated rings. The van der Waals surface area contributed by atoms with E-state index in [9.17, 15) is 5.11 Å². The summed E-state index contributed by atoms with van der Waals surface area (Å²) in [6.07, 6.45) is 4.25. The van der Waals surface area contributed by atoms with Gasteiger partial charge in [-0.05, 0) is 37.5 Å². The highest BCUT2D eigenvalue weighted by molar-refractivity contribution is 5.78. The molecule has 90 valence electrons. The van der Waals surface area contributed by atoms with Crippen LogP contribution in [0.15, 0.2) is 28.7 Å². The van der Waals surface area contributed by atoms with E-state index in [2.05, 4.69) is 13.0 Å². The average Bonchev–Trinajstić information content (AvgIpc) is 2.65. The van der Waals surface area contributed by atoms with Crippen molar-refractivity contribution in [2.75, 3.05) is 0 Å². The Kier molecular flexibility index (Phi) is 2.67. The van der Waals surface area contributed by atoms with Crippen LogP contribution in [-0.4, -0.2) is 5.11 Å². The van der Waals surface area contributed by atoms with Gasteiger partial charge in [0, 0.05) is 5.39 Å². The molecule has 2 aromatic rings. The summed E-state index contributed by atoms with van der Waals surface area (Å²) >= 11 is 0. The molecule has 1 saturated carbocycles. The molecule has 1 aliphatic rings. The first-order valence-electron chi connectivity index (χ1n) is 6.40. The lowest BCUT2D eigenvalue weighted by molar-refractivity contribution is 0.1000. The number of aryl methyl sites for hydroxylation is 1. The lowest BCUT2D eigenvalue weighted by Gasteiger charge is -2.26. The van der Waals surface area contributed by atoms with Gasteiger partial charge >= 0.3 is 0 Å². The highest BCUT2D eigenvalue weighted by Crippen LogP contribution is 2.36. The summed E-state index contributed by atoms with van der Waals surface area (Å²) in [4.78, 5) is 0. The zero-order valence-corrected chi connectivity index (χ0v) is 10.1. The molecule has 0 bridgehead atoms. The van der Waals surface area contributed by atoms with E-state index in [1.54, 1.807) is 0 Å². The van der Waals surface area contributed by atoms with Crippen molar-refractivity contribution in [2.45, 2.75) is 38.7 Å². The number of furan rings is 1. The fraction of sp³-hybridized carbons (Fsp3) is 0.467. The molecule has 17 heavy (non-hydrogen) atoms. The van der Waals surface area contributed by atoms with Gasteiger partial charge in [-0.1, -0.05) is 30.9 Å². The number of hydrogen-bond acceptors (Lipinski definition) is 2. The molecule has 1 aliphatic carbocycles. The predicted octanol–water partition coefficient (Wildman–Crippen LogP) is 3.96. The van der Waals surface area contributed by atoms with Gasteiger partial charge in [-0.3, -0.25) is 0 Å². The monoisotopic (exact) mass is 230 g/mol. The maximum atomic E-state index is 10.1. The van der Waals surface area contributed by atoms with E-state index in [-0.39, 0.29) is 0 Å². The Bertz CT molecular complexity index is 523. The first kappa shape index (κ1) is 10.8. The first-order chi connectivity index (χ1) is 8.22. The third kappa shape index (κ3) is 2.09. The molecule has 1 atom stereocenters. The van der Waals surface area contributed by atoms with Crippen LogP contribution in [-0.2, 0) is 0 Å². The quantitative estimate of drug-likeness (QED) is 0.865. The molecule has 3 rings (SSSR count). The summed E-state index contributed by atoms with van der Waals surface area (Å²) < 4.78 is 5.70. The summed E-state index contributed by atoms with van der Waals surface area (Å²) in [7, 11) is 0. The Morgan fingerprint density at radius 3 is 2.88 bits per heavy atom. The SMILES string of the molecule is Cc1ccc2oc(C(O)CC3CCC3)cc2c1. The molecule has 1 heterocycles. The lowest BCUT2D eigenvalue weighted by Crippen LogP contribution is -2.14. The van der Waals surface area contributed by atoms with Crippen LogP contribution in [0.5, 0.6) is 0 Å². The van der Waals surface area contributed by atoms with Crippen LogP contribution in [0.4, 0.5) is 0 Å². The highest BCUT2D eigenvalue weighted by Gasteiger charge is 2.23. The normalized spacial score (nSPS) is 18.2.